The van der Waals surface area contributed by atoms with E-state index in [-0.39, 0.29) is 12.5 Å². The molecule has 3 aromatic rings. The number of amides is 1. The number of aromatic nitrogens is 3. The van der Waals surface area contributed by atoms with Crippen LogP contribution in [0.3, 0.4) is 0 Å². The standard InChI is InChI=1S/C19H20N4O3/c1-25-16-9-7-15(8-10-16)19-22-18(26-23-19)13-21-17(24)6-2-4-14-5-3-11-20-12-14/h3,5,7-12H,2,4,6,13H2,1H3,(H,21,24). The lowest BCUT2D eigenvalue weighted by molar-refractivity contribution is -0.121. The van der Waals surface area contributed by atoms with Crippen LogP contribution >= 0.6 is 0 Å². The second-order valence-electron chi connectivity index (χ2n) is 5.73. The molecule has 7 heteroatoms. The number of nitrogens with zero attached hydrogens (tertiary/aromatic N) is 3. The van der Waals surface area contributed by atoms with E-state index in [1.165, 1.54) is 0 Å². The van der Waals surface area contributed by atoms with E-state index in [0.717, 1.165) is 29.7 Å². The molecule has 0 fully saturated rings. The minimum Gasteiger partial charge on any atom is -0.497 e. The summed E-state index contributed by atoms with van der Waals surface area (Å²) in [5.41, 5.74) is 1.95. The Labute approximate surface area is 151 Å². The molecule has 7 nitrogen and oxygen atoms in total. The Morgan fingerprint density at radius 3 is 2.81 bits per heavy atom. The van der Waals surface area contributed by atoms with Gasteiger partial charge >= 0.3 is 0 Å². The third-order valence-electron chi connectivity index (χ3n) is 3.85. The predicted octanol–water partition coefficient (Wildman–Crippen LogP) is 2.78. The van der Waals surface area contributed by atoms with Gasteiger partial charge in [0.25, 0.3) is 0 Å². The number of carbonyl (C=O) groups excluding carboxylic acids is 1. The highest BCUT2D eigenvalue weighted by molar-refractivity contribution is 5.75. The first kappa shape index (κ1) is 17.6. The van der Waals surface area contributed by atoms with E-state index in [0.29, 0.717) is 18.1 Å². The van der Waals surface area contributed by atoms with E-state index in [1.807, 2.05) is 42.6 Å². The smallest absolute Gasteiger partial charge is 0.246 e. The lowest BCUT2D eigenvalue weighted by atomic mass is 10.1. The predicted molar refractivity (Wildman–Crippen MR) is 95.3 cm³/mol. The van der Waals surface area contributed by atoms with Crippen molar-refractivity contribution in [2.45, 2.75) is 25.8 Å². The molecular weight excluding hydrogens is 332 g/mol. The topological polar surface area (TPSA) is 90.1 Å². The first-order valence-corrected chi connectivity index (χ1v) is 8.37. The molecule has 0 aliphatic rings. The highest BCUT2D eigenvalue weighted by Gasteiger charge is 2.10. The van der Waals surface area contributed by atoms with Gasteiger partial charge in [0, 0.05) is 24.4 Å². The van der Waals surface area contributed by atoms with Gasteiger partial charge in [-0.1, -0.05) is 11.2 Å². The molecule has 0 aliphatic carbocycles. The van der Waals surface area contributed by atoms with E-state index in [1.54, 1.807) is 13.3 Å². The molecule has 0 unspecified atom stereocenters. The number of nitrogens with one attached hydrogen (secondary N) is 1. The molecule has 2 heterocycles. The van der Waals surface area contributed by atoms with E-state index < -0.39 is 0 Å². The molecule has 0 atom stereocenters. The number of benzene rings is 1. The van der Waals surface area contributed by atoms with Gasteiger partial charge in [-0.2, -0.15) is 4.98 Å². The van der Waals surface area contributed by atoms with Gasteiger partial charge < -0.3 is 14.6 Å². The van der Waals surface area contributed by atoms with Crippen LogP contribution in [0.1, 0.15) is 24.3 Å². The van der Waals surface area contributed by atoms with Gasteiger partial charge in [0.2, 0.25) is 17.6 Å². The summed E-state index contributed by atoms with van der Waals surface area (Å²) in [4.78, 5) is 20.3. The van der Waals surface area contributed by atoms with Crippen molar-refractivity contribution in [3.8, 4) is 17.1 Å². The highest BCUT2D eigenvalue weighted by Crippen LogP contribution is 2.19. The Bertz CT molecular complexity index is 832. The Kier molecular flexibility index (Phi) is 5.92. The van der Waals surface area contributed by atoms with Crippen LogP contribution in [0.25, 0.3) is 11.4 Å². The molecule has 26 heavy (non-hydrogen) atoms. The molecular formula is C19H20N4O3. The van der Waals surface area contributed by atoms with Gasteiger partial charge in [-0.05, 0) is 48.7 Å². The van der Waals surface area contributed by atoms with E-state index >= 15 is 0 Å². The first-order chi connectivity index (χ1) is 12.7. The number of rotatable bonds is 8. The van der Waals surface area contributed by atoms with Crippen LogP contribution in [0.2, 0.25) is 0 Å². The first-order valence-electron chi connectivity index (χ1n) is 8.37. The SMILES string of the molecule is COc1ccc(-c2noc(CNC(=O)CCCc3cccnc3)n2)cc1. The van der Waals surface area contributed by atoms with Gasteiger partial charge in [-0.3, -0.25) is 9.78 Å². The second kappa shape index (κ2) is 8.75. The summed E-state index contributed by atoms with van der Waals surface area (Å²) in [6.45, 7) is 0.217. The van der Waals surface area contributed by atoms with Crippen LogP contribution in [0.5, 0.6) is 5.75 Å². The number of aryl methyl sites for hydroxylation is 1. The van der Waals surface area contributed by atoms with E-state index in [9.17, 15) is 4.79 Å². The minimum absolute atomic E-state index is 0.0434. The van der Waals surface area contributed by atoms with Crippen molar-refractivity contribution in [3.05, 3.63) is 60.2 Å². The molecule has 0 spiro atoms. The minimum atomic E-state index is -0.0434. The van der Waals surface area contributed by atoms with Crippen molar-refractivity contribution in [1.82, 2.24) is 20.4 Å². The molecule has 0 bridgehead atoms. The second-order valence-corrected chi connectivity index (χ2v) is 5.73. The number of pyridine rings is 1. The summed E-state index contributed by atoms with van der Waals surface area (Å²) >= 11 is 0. The Hall–Kier alpha value is -3.22. The number of hydrogen-bond donors (Lipinski definition) is 1. The van der Waals surface area contributed by atoms with Crippen molar-refractivity contribution in [1.29, 1.82) is 0 Å². The molecule has 0 saturated carbocycles. The van der Waals surface area contributed by atoms with Gasteiger partial charge in [-0.25, -0.2) is 0 Å². The average Bonchev–Trinajstić information content (AvgIpc) is 3.16. The molecule has 1 N–H and O–H groups in total. The number of hydrogen-bond acceptors (Lipinski definition) is 6. The lowest BCUT2D eigenvalue weighted by Gasteiger charge is -2.02. The Morgan fingerprint density at radius 2 is 2.08 bits per heavy atom. The van der Waals surface area contributed by atoms with E-state index in [2.05, 4.69) is 20.4 Å². The van der Waals surface area contributed by atoms with Crippen molar-refractivity contribution >= 4 is 5.91 Å². The fourth-order valence-electron chi connectivity index (χ4n) is 2.45. The van der Waals surface area contributed by atoms with Crippen molar-refractivity contribution in [2.75, 3.05) is 7.11 Å². The Balaban J connectivity index is 1.44. The summed E-state index contributed by atoms with van der Waals surface area (Å²) in [7, 11) is 1.61. The monoisotopic (exact) mass is 352 g/mol. The van der Waals surface area contributed by atoms with Gasteiger partial charge in [0.15, 0.2) is 0 Å². The number of carbonyl (C=O) groups is 1. The van der Waals surface area contributed by atoms with Gasteiger partial charge in [0.1, 0.15) is 5.75 Å². The normalized spacial score (nSPS) is 10.5. The summed E-state index contributed by atoms with van der Waals surface area (Å²) in [6, 6.07) is 11.3. The van der Waals surface area contributed by atoms with Crippen LogP contribution in [-0.4, -0.2) is 28.1 Å². The zero-order chi connectivity index (χ0) is 18.2. The third-order valence-corrected chi connectivity index (χ3v) is 3.85. The maximum atomic E-state index is 11.9. The molecule has 1 aromatic carbocycles. The zero-order valence-corrected chi connectivity index (χ0v) is 14.5. The van der Waals surface area contributed by atoms with Crippen molar-refractivity contribution < 1.29 is 14.1 Å². The van der Waals surface area contributed by atoms with Crippen LogP contribution in [0.4, 0.5) is 0 Å². The maximum absolute atomic E-state index is 11.9. The molecule has 2 aromatic heterocycles. The highest BCUT2D eigenvalue weighted by atomic mass is 16.5. The zero-order valence-electron chi connectivity index (χ0n) is 14.5. The molecule has 0 aliphatic heterocycles. The summed E-state index contributed by atoms with van der Waals surface area (Å²) < 4.78 is 10.3. The lowest BCUT2D eigenvalue weighted by Crippen LogP contribution is -2.22. The maximum Gasteiger partial charge on any atom is 0.246 e. The third kappa shape index (κ3) is 4.89. The quantitative estimate of drug-likeness (QED) is 0.670. The van der Waals surface area contributed by atoms with Crippen LogP contribution in [0, 0.1) is 0 Å². The molecule has 3 rings (SSSR count). The van der Waals surface area contributed by atoms with Gasteiger partial charge in [-0.15, -0.1) is 0 Å². The van der Waals surface area contributed by atoms with Gasteiger partial charge in [0.05, 0.1) is 13.7 Å². The summed E-state index contributed by atoms with van der Waals surface area (Å²) in [5, 5.41) is 6.73. The molecule has 0 saturated heterocycles. The molecule has 134 valence electrons. The summed E-state index contributed by atoms with van der Waals surface area (Å²) in [5.74, 6) is 1.57. The van der Waals surface area contributed by atoms with Crippen molar-refractivity contribution in [3.63, 3.8) is 0 Å². The molecule has 1 amide bonds. The molecule has 0 radical (unpaired) electrons. The van der Waals surface area contributed by atoms with Crippen LogP contribution < -0.4 is 10.1 Å². The number of ether oxygens (including phenoxy) is 1. The fraction of sp³-hybridized carbons (Fsp3) is 0.263. The number of methoxy groups -OCH3 is 1. The summed E-state index contributed by atoms with van der Waals surface area (Å²) in [6.07, 6.45) is 5.58. The largest absolute Gasteiger partial charge is 0.497 e. The Morgan fingerprint density at radius 1 is 1.23 bits per heavy atom. The van der Waals surface area contributed by atoms with Crippen LogP contribution in [-0.2, 0) is 17.8 Å². The van der Waals surface area contributed by atoms with E-state index in [4.69, 9.17) is 9.26 Å². The van der Waals surface area contributed by atoms with Crippen molar-refractivity contribution in [2.24, 2.45) is 0 Å². The van der Waals surface area contributed by atoms with Crippen LogP contribution in [0.15, 0.2) is 53.3 Å². The fourth-order valence-corrected chi connectivity index (χ4v) is 2.45. The average molecular weight is 352 g/mol.